The maximum Gasteiger partial charge on any atom is 0.0786 e. The van der Waals surface area contributed by atoms with Crippen LogP contribution in [0.25, 0.3) is 0 Å². The summed E-state index contributed by atoms with van der Waals surface area (Å²) in [5.41, 5.74) is 0. The van der Waals surface area contributed by atoms with Gasteiger partial charge in [0.1, 0.15) is 0 Å². The van der Waals surface area contributed by atoms with E-state index in [1.807, 2.05) is 0 Å². The second-order valence-corrected chi connectivity index (χ2v) is 6.42. The van der Waals surface area contributed by atoms with E-state index in [9.17, 15) is 0 Å². The van der Waals surface area contributed by atoms with Crippen molar-refractivity contribution in [3.63, 3.8) is 0 Å². The summed E-state index contributed by atoms with van der Waals surface area (Å²) in [5, 5.41) is 0. The maximum absolute atomic E-state index is 2.32. The molecule has 0 aromatic carbocycles. The largest absolute Gasteiger partial charge is 1.00 e. The molecule has 0 bridgehead atoms. The van der Waals surface area contributed by atoms with Gasteiger partial charge in [-0.1, -0.05) is 39.5 Å². The average Bonchev–Trinajstić information content (AvgIpc) is 2.41. The van der Waals surface area contributed by atoms with Crippen LogP contribution < -0.4 is 12.4 Å². The lowest BCUT2D eigenvalue weighted by Gasteiger charge is -2.42. The van der Waals surface area contributed by atoms with Crippen LogP contribution in [0.4, 0.5) is 0 Å². The Hall–Kier alpha value is 0.250. The Morgan fingerprint density at radius 3 is 1.53 bits per heavy atom. The zero-order chi connectivity index (χ0) is 13.1. The van der Waals surface area contributed by atoms with Crippen molar-refractivity contribution >= 4 is 0 Å². The van der Waals surface area contributed by atoms with E-state index in [0.29, 0.717) is 0 Å². The number of halogens is 1. The summed E-state index contributed by atoms with van der Waals surface area (Å²) in [6.07, 6.45) is 16.0. The Bertz CT molecular complexity index is 174. The molecule has 0 radical (unpaired) electrons. The van der Waals surface area contributed by atoms with Crippen LogP contribution in [0.2, 0.25) is 0 Å². The molecule has 1 nitrogen and oxygen atoms in total. The van der Waals surface area contributed by atoms with Crippen molar-refractivity contribution < 1.29 is 16.9 Å². The summed E-state index contributed by atoms with van der Waals surface area (Å²) >= 11 is 0. The molecule has 1 rings (SSSR count). The van der Waals surface area contributed by atoms with Gasteiger partial charge in [-0.25, -0.2) is 0 Å². The summed E-state index contributed by atoms with van der Waals surface area (Å²) in [5.74, 6) is 0. The fraction of sp³-hybridized carbons (Fsp3) is 1.00. The lowest BCUT2D eigenvalue weighted by molar-refractivity contribution is -0.932. The van der Waals surface area contributed by atoms with Gasteiger partial charge in [0.2, 0.25) is 0 Å². The van der Waals surface area contributed by atoms with Gasteiger partial charge in [-0.15, -0.1) is 0 Å². The zero-order valence-electron chi connectivity index (χ0n) is 13.4. The summed E-state index contributed by atoms with van der Waals surface area (Å²) in [6.45, 7) is 10.6. The second kappa shape index (κ2) is 12.0. The molecule has 0 N–H and O–H groups in total. The van der Waals surface area contributed by atoms with Crippen molar-refractivity contribution in [2.75, 3.05) is 26.2 Å². The molecule has 0 aromatic rings. The standard InChI is InChI=1S/C17H36N.ClH/c1-3-5-7-10-14-18(15-11-8-6-4-2)16-12-9-13-17-18;/h3-17H2,1-2H3;1H/q+1;/p-1. The number of unbranched alkanes of at least 4 members (excludes halogenated alkanes) is 6. The molecule has 1 aliphatic heterocycles. The summed E-state index contributed by atoms with van der Waals surface area (Å²) in [4.78, 5) is 0. The Labute approximate surface area is 128 Å². The summed E-state index contributed by atoms with van der Waals surface area (Å²) in [7, 11) is 0. The number of rotatable bonds is 10. The Morgan fingerprint density at radius 2 is 1.11 bits per heavy atom. The van der Waals surface area contributed by atoms with Crippen LogP contribution in [0.3, 0.4) is 0 Å². The molecule has 0 aliphatic carbocycles. The Kier molecular flexibility index (Phi) is 12.2. The fourth-order valence-corrected chi connectivity index (χ4v) is 3.49. The predicted octanol–water partition coefficient (Wildman–Crippen LogP) is 2.15. The van der Waals surface area contributed by atoms with Gasteiger partial charge in [-0.05, 0) is 44.9 Å². The monoisotopic (exact) mass is 289 g/mol. The molecule has 1 saturated heterocycles. The van der Waals surface area contributed by atoms with Crippen molar-refractivity contribution in [1.29, 1.82) is 0 Å². The smallest absolute Gasteiger partial charge is 0.0786 e. The van der Waals surface area contributed by atoms with E-state index in [1.54, 1.807) is 0 Å². The number of hydrogen-bond acceptors (Lipinski definition) is 0. The highest BCUT2D eigenvalue weighted by atomic mass is 35.5. The van der Waals surface area contributed by atoms with Gasteiger partial charge < -0.3 is 16.9 Å². The van der Waals surface area contributed by atoms with Gasteiger partial charge in [-0.2, -0.15) is 0 Å². The van der Waals surface area contributed by atoms with Gasteiger partial charge in [0.15, 0.2) is 0 Å². The molecule has 1 heterocycles. The first-order chi connectivity index (χ1) is 8.83. The highest BCUT2D eigenvalue weighted by Gasteiger charge is 2.28. The molecular weight excluding hydrogens is 254 g/mol. The molecule has 2 heteroatoms. The SMILES string of the molecule is CCCCCC[N+]1(CCCCCC)CCCCC1.[Cl-]. The van der Waals surface area contributed by atoms with Crippen LogP contribution >= 0.6 is 0 Å². The van der Waals surface area contributed by atoms with Crippen LogP contribution in [0.1, 0.15) is 84.5 Å². The molecular formula is C17H36ClN. The maximum atomic E-state index is 2.32. The van der Waals surface area contributed by atoms with Gasteiger partial charge >= 0.3 is 0 Å². The van der Waals surface area contributed by atoms with E-state index in [1.165, 1.54) is 101 Å². The van der Waals surface area contributed by atoms with Gasteiger partial charge in [0.05, 0.1) is 26.2 Å². The molecule has 1 aliphatic rings. The first kappa shape index (κ1) is 19.2. The Balaban J connectivity index is 0.00000324. The normalized spacial score (nSPS) is 18.0. The highest BCUT2D eigenvalue weighted by Crippen LogP contribution is 2.22. The number of hydrogen-bond donors (Lipinski definition) is 0. The molecule has 0 amide bonds. The van der Waals surface area contributed by atoms with Crippen molar-refractivity contribution in [3.05, 3.63) is 0 Å². The van der Waals surface area contributed by atoms with Gasteiger partial charge in [0, 0.05) is 0 Å². The minimum Gasteiger partial charge on any atom is -1.00 e. The number of quaternary nitrogens is 1. The average molecular weight is 290 g/mol. The van der Waals surface area contributed by atoms with Crippen LogP contribution in [-0.4, -0.2) is 30.7 Å². The second-order valence-electron chi connectivity index (χ2n) is 6.42. The molecule has 0 atom stereocenters. The number of piperidine rings is 1. The third-order valence-corrected chi connectivity index (χ3v) is 4.74. The molecule has 0 aromatic heterocycles. The van der Waals surface area contributed by atoms with Crippen LogP contribution in [0, 0.1) is 0 Å². The molecule has 0 spiro atoms. The lowest BCUT2D eigenvalue weighted by atomic mass is 10.0. The first-order valence-corrected chi connectivity index (χ1v) is 8.68. The first-order valence-electron chi connectivity index (χ1n) is 8.68. The minimum atomic E-state index is 0. The van der Waals surface area contributed by atoms with E-state index < -0.39 is 0 Å². The van der Waals surface area contributed by atoms with Crippen LogP contribution in [0.5, 0.6) is 0 Å². The van der Waals surface area contributed by atoms with E-state index in [2.05, 4.69) is 13.8 Å². The van der Waals surface area contributed by atoms with Crippen molar-refractivity contribution in [1.82, 2.24) is 0 Å². The minimum absolute atomic E-state index is 0. The highest BCUT2D eigenvalue weighted by molar-refractivity contribution is 4.56. The molecule has 116 valence electrons. The van der Waals surface area contributed by atoms with E-state index in [4.69, 9.17) is 0 Å². The third kappa shape index (κ3) is 8.19. The van der Waals surface area contributed by atoms with Crippen molar-refractivity contribution in [3.8, 4) is 0 Å². The molecule has 1 fully saturated rings. The lowest BCUT2D eigenvalue weighted by Crippen LogP contribution is -3.00. The fourth-order valence-electron chi connectivity index (χ4n) is 3.49. The topological polar surface area (TPSA) is 0 Å². The van der Waals surface area contributed by atoms with Crippen molar-refractivity contribution in [2.24, 2.45) is 0 Å². The van der Waals surface area contributed by atoms with Gasteiger partial charge in [0.25, 0.3) is 0 Å². The van der Waals surface area contributed by atoms with E-state index >= 15 is 0 Å². The van der Waals surface area contributed by atoms with Crippen molar-refractivity contribution in [2.45, 2.75) is 84.5 Å². The van der Waals surface area contributed by atoms with E-state index in [-0.39, 0.29) is 12.4 Å². The van der Waals surface area contributed by atoms with Gasteiger partial charge in [-0.3, -0.25) is 0 Å². The molecule has 0 unspecified atom stereocenters. The quantitative estimate of drug-likeness (QED) is 0.427. The third-order valence-electron chi connectivity index (χ3n) is 4.74. The summed E-state index contributed by atoms with van der Waals surface area (Å²) < 4.78 is 1.48. The van der Waals surface area contributed by atoms with Crippen LogP contribution in [-0.2, 0) is 0 Å². The molecule has 19 heavy (non-hydrogen) atoms. The number of likely N-dealkylation sites (tertiary alicyclic amines) is 1. The summed E-state index contributed by atoms with van der Waals surface area (Å²) in [6, 6.07) is 0. The molecule has 0 saturated carbocycles. The number of nitrogens with zero attached hydrogens (tertiary/aromatic N) is 1. The van der Waals surface area contributed by atoms with Crippen LogP contribution in [0.15, 0.2) is 0 Å². The predicted molar refractivity (Wildman–Crippen MR) is 81.9 cm³/mol. The van der Waals surface area contributed by atoms with E-state index in [0.717, 1.165) is 0 Å². The zero-order valence-corrected chi connectivity index (χ0v) is 14.2. The Morgan fingerprint density at radius 1 is 0.632 bits per heavy atom.